The molecule has 0 saturated carbocycles. The van der Waals surface area contributed by atoms with Gasteiger partial charge < -0.3 is 9.80 Å². The number of aromatic nitrogens is 2. The third-order valence-electron chi connectivity index (χ3n) is 4.25. The van der Waals surface area contributed by atoms with Crippen molar-refractivity contribution >= 4 is 38.9 Å². The molecule has 0 atom stereocenters. The first kappa shape index (κ1) is 15.1. The number of nitrogens with zero attached hydrogens (tertiary/aromatic N) is 4. The number of halogens is 2. The van der Waals surface area contributed by atoms with Gasteiger partial charge in [-0.25, -0.2) is 9.37 Å². The fraction of sp³-hybridized carbons (Fsp3) is 0.176. The smallest absolute Gasteiger partial charge is 0.259 e. The zero-order valence-electron chi connectivity index (χ0n) is 12.9. The van der Waals surface area contributed by atoms with Gasteiger partial charge >= 0.3 is 0 Å². The Hall–Kier alpha value is -2.41. The number of hydrogen-bond acceptors (Lipinski definition) is 3. The van der Waals surface area contributed by atoms with Crippen LogP contribution in [-0.4, -0.2) is 35.4 Å². The fourth-order valence-electron chi connectivity index (χ4n) is 2.97. The molecule has 0 bridgehead atoms. The molecule has 0 fully saturated rings. The van der Waals surface area contributed by atoms with E-state index < -0.39 is 0 Å². The van der Waals surface area contributed by atoms with Crippen LogP contribution in [0, 0.1) is 5.82 Å². The molecule has 0 aliphatic carbocycles. The molecular weight excluding hydrogens is 375 g/mol. The quantitative estimate of drug-likeness (QED) is 0.641. The van der Waals surface area contributed by atoms with Gasteiger partial charge in [0.15, 0.2) is 0 Å². The topological polar surface area (TPSA) is 40.8 Å². The summed E-state index contributed by atoms with van der Waals surface area (Å²) >= 11 is 3.42. The molecule has 0 radical (unpaired) electrons. The summed E-state index contributed by atoms with van der Waals surface area (Å²) in [7, 11) is 1.90. The van der Waals surface area contributed by atoms with Crippen LogP contribution in [0.3, 0.4) is 0 Å². The Morgan fingerprint density at radius 3 is 2.88 bits per heavy atom. The molecule has 1 aromatic carbocycles. The van der Waals surface area contributed by atoms with Gasteiger partial charge in [0.25, 0.3) is 5.91 Å². The van der Waals surface area contributed by atoms with Crippen molar-refractivity contribution in [2.24, 2.45) is 0 Å². The van der Waals surface area contributed by atoms with Crippen LogP contribution in [0.2, 0.25) is 0 Å². The molecule has 1 aliphatic rings. The number of carbonyl (C=O) groups excluding carboxylic acids is 1. The number of carbonyl (C=O) groups is 1. The standard InChI is InChI=1S/C17H14BrFN4O/c1-21-6-7-22(13-4-3-12(19)8-14(13)21)17(24)11-2-5-16-20-9-15(18)23(16)10-11/h2-5,8-10H,6-7H2,1H3. The zero-order valence-corrected chi connectivity index (χ0v) is 14.5. The maximum atomic E-state index is 13.6. The van der Waals surface area contributed by atoms with E-state index in [-0.39, 0.29) is 11.7 Å². The summed E-state index contributed by atoms with van der Waals surface area (Å²) in [6, 6.07) is 8.07. The average molecular weight is 389 g/mol. The van der Waals surface area contributed by atoms with E-state index in [1.807, 2.05) is 16.3 Å². The van der Waals surface area contributed by atoms with E-state index in [9.17, 15) is 9.18 Å². The van der Waals surface area contributed by atoms with E-state index in [4.69, 9.17) is 0 Å². The molecular formula is C17H14BrFN4O. The first-order valence-electron chi connectivity index (χ1n) is 7.50. The Bertz CT molecular complexity index is 955. The van der Waals surface area contributed by atoms with Crippen molar-refractivity contribution < 1.29 is 9.18 Å². The average Bonchev–Trinajstić information content (AvgIpc) is 2.96. The highest BCUT2D eigenvalue weighted by Crippen LogP contribution is 2.33. The molecule has 1 amide bonds. The molecule has 4 rings (SSSR count). The summed E-state index contributed by atoms with van der Waals surface area (Å²) in [6.07, 6.45) is 3.45. The molecule has 3 heterocycles. The number of pyridine rings is 1. The lowest BCUT2D eigenvalue weighted by atomic mass is 10.1. The van der Waals surface area contributed by atoms with Crippen LogP contribution in [0.1, 0.15) is 10.4 Å². The number of fused-ring (bicyclic) bond motifs is 2. The summed E-state index contributed by atoms with van der Waals surface area (Å²) in [5.74, 6) is -0.419. The third-order valence-corrected chi connectivity index (χ3v) is 4.84. The van der Waals surface area contributed by atoms with Gasteiger partial charge in [-0.05, 0) is 46.3 Å². The second-order valence-electron chi connectivity index (χ2n) is 5.74. The number of rotatable bonds is 1. The Morgan fingerprint density at radius 2 is 2.04 bits per heavy atom. The van der Waals surface area contributed by atoms with Crippen LogP contribution in [0.4, 0.5) is 15.8 Å². The zero-order chi connectivity index (χ0) is 16.8. The molecule has 122 valence electrons. The van der Waals surface area contributed by atoms with E-state index in [0.29, 0.717) is 18.7 Å². The summed E-state index contributed by atoms with van der Waals surface area (Å²) in [5.41, 5.74) is 2.76. The highest BCUT2D eigenvalue weighted by Gasteiger charge is 2.26. The Labute approximate surface area is 146 Å². The minimum atomic E-state index is -0.307. The number of imidazole rings is 1. The van der Waals surface area contributed by atoms with Crippen molar-refractivity contribution in [3.05, 3.63) is 58.7 Å². The van der Waals surface area contributed by atoms with Gasteiger partial charge in [0.2, 0.25) is 0 Å². The van der Waals surface area contributed by atoms with Crippen LogP contribution < -0.4 is 9.80 Å². The monoisotopic (exact) mass is 388 g/mol. The summed E-state index contributed by atoms with van der Waals surface area (Å²) in [6.45, 7) is 1.20. The molecule has 0 saturated heterocycles. The summed E-state index contributed by atoms with van der Waals surface area (Å²) in [5, 5.41) is 0. The highest BCUT2D eigenvalue weighted by atomic mass is 79.9. The summed E-state index contributed by atoms with van der Waals surface area (Å²) in [4.78, 5) is 20.9. The molecule has 0 N–H and O–H groups in total. The number of hydrogen-bond donors (Lipinski definition) is 0. The first-order valence-corrected chi connectivity index (χ1v) is 8.29. The van der Waals surface area contributed by atoms with Crippen LogP contribution >= 0.6 is 15.9 Å². The van der Waals surface area contributed by atoms with Gasteiger partial charge in [-0.15, -0.1) is 0 Å². The van der Waals surface area contributed by atoms with Gasteiger partial charge in [-0.3, -0.25) is 9.20 Å². The molecule has 2 aromatic heterocycles. The molecule has 0 spiro atoms. The van der Waals surface area contributed by atoms with Gasteiger partial charge in [-0.2, -0.15) is 0 Å². The van der Waals surface area contributed by atoms with Gasteiger partial charge in [0.1, 0.15) is 16.1 Å². The summed E-state index contributed by atoms with van der Waals surface area (Å²) < 4.78 is 16.2. The maximum absolute atomic E-state index is 13.6. The number of anilines is 2. The Kier molecular flexibility index (Phi) is 3.53. The minimum absolute atomic E-state index is 0.113. The first-order chi connectivity index (χ1) is 11.5. The second kappa shape index (κ2) is 5.59. The van der Waals surface area contributed by atoms with Crippen molar-refractivity contribution in [3.8, 4) is 0 Å². The fourth-order valence-corrected chi connectivity index (χ4v) is 3.35. The van der Waals surface area contributed by atoms with E-state index >= 15 is 0 Å². The normalized spacial score (nSPS) is 14.1. The van der Waals surface area contributed by atoms with Crippen LogP contribution in [-0.2, 0) is 0 Å². The van der Waals surface area contributed by atoms with Crippen molar-refractivity contribution in [3.63, 3.8) is 0 Å². The molecule has 7 heteroatoms. The lowest BCUT2D eigenvalue weighted by Gasteiger charge is -2.35. The molecule has 24 heavy (non-hydrogen) atoms. The van der Waals surface area contributed by atoms with E-state index in [1.54, 1.807) is 35.5 Å². The van der Waals surface area contributed by atoms with E-state index in [2.05, 4.69) is 20.9 Å². The van der Waals surface area contributed by atoms with Crippen molar-refractivity contribution in [2.45, 2.75) is 0 Å². The van der Waals surface area contributed by atoms with E-state index in [1.165, 1.54) is 12.1 Å². The van der Waals surface area contributed by atoms with Crippen molar-refractivity contribution in [1.82, 2.24) is 9.38 Å². The molecule has 5 nitrogen and oxygen atoms in total. The number of likely N-dealkylation sites (N-methyl/N-ethyl adjacent to an activating group) is 1. The minimum Gasteiger partial charge on any atom is -0.371 e. The molecule has 0 unspecified atom stereocenters. The highest BCUT2D eigenvalue weighted by molar-refractivity contribution is 9.10. The predicted octanol–water partition coefficient (Wildman–Crippen LogP) is 3.33. The third kappa shape index (κ3) is 2.36. The lowest BCUT2D eigenvalue weighted by molar-refractivity contribution is 0.0986. The van der Waals surface area contributed by atoms with Gasteiger partial charge in [0.05, 0.1) is 23.1 Å². The predicted molar refractivity (Wildman–Crippen MR) is 94.2 cm³/mol. The van der Waals surface area contributed by atoms with Gasteiger partial charge in [-0.1, -0.05) is 0 Å². The van der Waals surface area contributed by atoms with Crippen molar-refractivity contribution in [2.75, 3.05) is 29.9 Å². The SMILES string of the molecule is CN1CCN(C(=O)c2ccc3ncc(Br)n3c2)c2ccc(F)cc21. The Balaban J connectivity index is 1.76. The largest absolute Gasteiger partial charge is 0.371 e. The van der Waals surface area contributed by atoms with E-state index in [0.717, 1.165) is 21.6 Å². The molecule has 1 aliphatic heterocycles. The number of benzene rings is 1. The van der Waals surface area contributed by atoms with Gasteiger partial charge in [0, 0.05) is 26.3 Å². The van der Waals surface area contributed by atoms with Crippen LogP contribution in [0.5, 0.6) is 0 Å². The maximum Gasteiger partial charge on any atom is 0.259 e. The lowest BCUT2D eigenvalue weighted by Crippen LogP contribution is -2.42. The second-order valence-corrected chi connectivity index (χ2v) is 6.55. The van der Waals surface area contributed by atoms with Crippen molar-refractivity contribution in [1.29, 1.82) is 0 Å². The van der Waals surface area contributed by atoms with Crippen LogP contribution in [0.15, 0.2) is 47.3 Å². The number of amides is 1. The Morgan fingerprint density at radius 1 is 1.21 bits per heavy atom. The molecule has 3 aromatic rings. The van der Waals surface area contributed by atoms with Crippen LogP contribution in [0.25, 0.3) is 5.65 Å².